The lowest BCUT2D eigenvalue weighted by Crippen LogP contribution is -2.38. The van der Waals surface area contributed by atoms with Crippen molar-refractivity contribution in [3.63, 3.8) is 0 Å². The zero-order valence-electron chi connectivity index (χ0n) is 6.39. The second-order valence-corrected chi connectivity index (χ2v) is 2.02. The van der Waals surface area contributed by atoms with Crippen molar-refractivity contribution < 1.29 is 9.53 Å². The minimum Gasteiger partial charge on any atom is -0.359 e. The van der Waals surface area contributed by atoms with Gasteiger partial charge in [0.1, 0.15) is 6.23 Å². The van der Waals surface area contributed by atoms with E-state index in [4.69, 9.17) is 10.5 Å². The van der Waals surface area contributed by atoms with Gasteiger partial charge in [0.15, 0.2) is 0 Å². The standard InChI is InChI=1S/C6H14N2O2/c1-3-4-10-5(2)8-6(7)9/h5H,3-4H2,1-2H3,(H3,7,8,9). The molecule has 0 fully saturated rings. The molecule has 4 nitrogen and oxygen atoms in total. The summed E-state index contributed by atoms with van der Waals surface area (Å²) in [5.41, 5.74) is 4.84. The molecule has 10 heavy (non-hydrogen) atoms. The number of carbonyl (C=O) groups is 1. The van der Waals surface area contributed by atoms with Crippen LogP contribution in [0.15, 0.2) is 0 Å². The molecule has 0 rings (SSSR count). The van der Waals surface area contributed by atoms with Crippen molar-refractivity contribution in [2.75, 3.05) is 6.61 Å². The minimum atomic E-state index is -0.552. The van der Waals surface area contributed by atoms with Crippen molar-refractivity contribution >= 4 is 6.03 Å². The normalized spacial score (nSPS) is 12.6. The molecule has 3 N–H and O–H groups in total. The smallest absolute Gasteiger partial charge is 0.314 e. The highest BCUT2D eigenvalue weighted by Gasteiger charge is 2.00. The van der Waals surface area contributed by atoms with Crippen molar-refractivity contribution in [3.05, 3.63) is 0 Å². The van der Waals surface area contributed by atoms with Crippen LogP contribution in [0.3, 0.4) is 0 Å². The lowest BCUT2D eigenvalue weighted by atomic mass is 10.5. The first-order valence-electron chi connectivity index (χ1n) is 3.34. The molecule has 0 aliphatic heterocycles. The first-order valence-corrected chi connectivity index (χ1v) is 3.34. The molecule has 4 heteroatoms. The Morgan fingerprint density at radius 3 is 2.80 bits per heavy atom. The van der Waals surface area contributed by atoms with Crippen molar-refractivity contribution in [3.8, 4) is 0 Å². The Morgan fingerprint density at radius 1 is 1.80 bits per heavy atom. The molecule has 0 bridgehead atoms. The van der Waals surface area contributed by atoms with E-state index in [9.17, 15) is 4.79 Å². The second kappa shape index (κ2) is 5.05. The van der Waals surface area contributed by atoms with Gasteiger partial charge >= 0.3 is 6.03 Å². The summed E-state index contributed by atoms with van der Waals surface area (Å²) in [5.74, 6) is 0. The Morgan fingerprint density at radius 2 is 2.40 bits per heavy atom. The molecule has 0 aliphatic rings. The minimum absolute atomic E-state index is 0.280. The summed E-state index contributed by atoms with van der Waals surface area (Å²) in [7, 11) is 0. The molecule has 0 aromatic heterocycles. The fourth-order valence-corrected chi connectivity index (χ4v) is 0.537. The van der Waals surface area contributed by atoms with Gasteiger partial charge in [0.2, 0.25) is 0 Å². The Labute approximate surface area is 60.7 Å². The summed E-state index contributed by atoms with van der Waals surface area (Å²) in [6.07, 6.45) is 0.655. The monoisotopic (exact) mass is 146 g/mol. The van der Waals surface area contributed by atoms with Crippen LogP contribution in [0.5, 0.6) is 0 Å². The number of carbonyl (C=O) groups excluding carboxylic acids is 1. The number of ether oxygens (including phenoxy) is 1. The largest absolute Gasteiger partial charge is 0.359 e. The van der Waals surface area contributed by atoms with Gasteiger partial charge in [-0.05, 0) is 13.3 Å². The number of nitrogens with two attached hydrogens (primary N) is 1. The average molecular weight is 146 g/mol. The van der Waals surface area contributed by atoms with E-state index in [1.807, 2.05) is 6.92 Å². The van der Waals surface area contributed by atoms with Crippen LogP contribution in [0.25, 0.3) is 0 Å². The topological polar surface area (TPSA) is 64.3 Å². The molecule has 0 radical (unpaired) electrons. The third-order valence-corrected chi connectivity index (χ3v) is 0.917. The molecule has 2 amide bonds. The summed E-state index contributed by atoms with van der Waals surface area (Å²) >= 11 is 0. The van der Waals surface area contributed by atoms with Gasteiger partial charge in [-0.3, -0.25) is 0 Å². The molecule has 0 saturated heterocycles. The maximum atomic E-state index is 10.2. The summed E-state index contributed by atoms with van der Waals surface area (Å²) < 4.78 is 5.09. The van der Waals surface area contributed by atoms with Gasteiger partial charge in [-0.15, -0.1) is 0 Å². The van der Waals surface area contributed by atoms with Crippen LogP contribution in [-0.4, -0.2) is 18.9 Å². The Hall–Kier alpha value is -0.770. The number of amides is 2. The van der Waals surface area contributed by atoms with E-state index in [2.05, 4.69) is 5.32 Å². The van der Waals surface area contributed by atoms with E-state index < -0.39 is 6.03 Å². The van der Waals surface area contributed by atoms with Crippen molar-refractivity contribution in [1.82, 2.24) is 5.32 Å². The highest BCUT2D eigenvalue weighted by atomic mass is 16.5. The Bertz CT molecular complexity index is 106. The Kier molecular flexibility index (Phi) is 4.66. The van der Waals surface area contributed by atoms with Crippen LogP contribution in [0.2, 0.25) is 0 Å². The van der Waals surface area contributed by atoms with Crippen molar-refractivity contribution in [1.29, 1.82) is 0 Å². The molecular weight excluding hydrogens is 132 g/mol. The van der Waals surface area contributed by atoms with Gasteiger partial charge in [0.05, 0.1) is 0 Å². The van der Waals surface area contributed by atoms with E-state index >= 15 is 0 Å². The van der Waals surface area contributed by atoms with Crippen LogP contribution in [0, 0.1) is 0 Å². The van der Waals surface area contributed by atoms with Gasteiger partial charge in [-0.1, -0.05) is 6.92 Å². The van der Waals surface area contributed by atoms with E-state index in [1.54, 1.807) is 6.92 Å². The number of primary amides is 1. The van der Waals surface area contributed by atoms with E-state index in [0.29, 0.717) is 6.61 Å². The fourth-order valence-electron chi connectivity index (χ4n) is 0.537. The van der Waals surface area contributed by atoms with Gasteiger partial charge in [-0.25, -0.2) is 4.79 Å². The number of rotatable bonds is 4. The summed E-state index contributed by atoms with van der Waals surface area (Å²) in [5, 5.41) is 2.39. The molecule has 0 saturated carbocycles. The quantitative estimate of drug-likeness (QED) is 0.565. The maximum Gasteiger partial charge on any atom is 0.314 e. The third-order valence-electron chi connectivity index (χ3n) is 0.917. The molecule has 0 aromatic carbocycles. The van der Waals surface area contributed by atoms with Crippen LogP contribution in [0.4, 0.5) is 4.79 Å². The maximum absolute atomic E-state index is 10.2. The molecule has 60 valence electrons. The van der Waals surface area contributed by atoms with Crippen molar-refractivity contribution in [2.24, 2.45) is 5.73 Å². The molecule has 0 heterocycles. The average Bonchev–Trinajstić information content (AvgIpc) is 1.82. The number of urea groups is 1. The van der Waals surface area contributed by atoms with E-state index in [-0.39, 0.29) is 6.23 Å². The van der Waals surface area contributed by atoms with Gasteiger partial charge in [-0.2, -0.15) is 0 Å². The summed E-state index contributed by atoms with van der Waals surface area (Å²) in [4.78, 5) is 10.2. The molecule has 0 aliphatic carbocycles. The lowest BCUT2D eigenvalue weighted by Gasteiger charge is -2.11. The predicted molar refractivity (Wildman–Crippen MR) is 38.4 cm³/mol. The summed E-state index contributed by atoms with van der Waals surface area (Å²) in [6, 6.07) is -0.552. The first-order chi connectivity index (χ1) is 4.66. The van der Waals surface area contributed by atoms with Gasteiger partial charge in [0, 0.05) is 6.61 Å². The molecule has 0 aromatic rings. The van der Waals surface area contributed by atoms with Gasteiger partial charge in [0.25, 0.3) is 0 Å². The highest BCUT2D eigenvalue weighted by molar-refractivity contribution is 5.71. The Balaban J connectivity index is 3.25. The summed E-state index contributed by atoms with van der Waals surface area (Å²) in [6.45, 7) is 4.37. The van der Waals surface area contributed by atoms with Gasteiger partial charge < -0.3 is 15.8 Å². The van der Waals surface area contributed by atoms with Crippen LogP contribution in [0.1, 0.15) is 20.3 Å². The lowest BCUT2D eigenvalue weighted by molar-refractivity contribution is 0.0513. The first kappa shape index (κ1) is 9.23. The van der Waals surface area contributed by atoms with E-state index in [0.717, 1.165) is 6.42 Å². The van der Waals surface area contributed by atoms with Crippen LogP contribution in [-0.2, 0) is 4.74 Å². The SMILES string of the molecule is CCCOC(C)NC(N)=O. The molecular formula is C6H14N2O2. The zero-order chi connectivity index (χ0) is 7.98. The molecule has 1 atom stereocenters. The number of nitrogens with one attached hydrogen (secondary N) is 1. The molecule has 0 spiro atoms. The highest BCUT2D eigenvalue weighted by Crippen LogP contribution is 1.86. The van der Waals surface area contributed by atoms with Crippen molar-refractivity contribution in [2.45, 2.75) is 26.5 Å². The van der Waals surface area contributed by atoms with Crippen LogP contribution < -0.4 is 11.1 Å². The second-order valence-electron chi connectivity index (χ2n) is 2.02. The molecule has 1 unspecified atom stereocenters. The zero-order valence-corrected chi connectivity index (χ0v) is 6.39. The van der Waals surface area contributed by atoms with Crippen LogP contribution >= 0.6 is 0 Å². The number of hydrogen-bond donors (Lipinski definition) is 2. The number of hydrogen-bond acceptors (Lipinski definition) is 2. The van der Waals surface area contributed by atoms with E-state index in [1.165, 1.54) is 0 Å². The third kappa shape index (κ3) is 5.37. The predicted octanol–water partition coefficient (Wildman–Crippen LogP) is 0.427. The fraction of sp³-hybridized carbons (Fsp3) is 0.833.